The number of amides is 2. The van der Waals surface area contributed by atoms with Crippen molar-refractivity contribution in [3.63, 3.8) is 0 Å². The van der Waals surface area contributed by atoms with E-state index in [0.717, 1.165) is 15.0 Å². The molecule has 0 unspecified atom stereocenters. The third kappa shape index (κ3) is 5.59. The summed E-state index contributed by atoms with van der Waals surface area (Å²) in [5, 5.41) is 0.955. The molecule has 4 aromatic rings. The van der Waals surface area contributed by atoms with Crippen LogP contribution in [-0.2, 0) is 25.7 Å². The second-order valence-corrected chi connectivity index (χ2v) is 9.30. The van der Waals surface area contributed by atoms with E-state index >= 15 is 0 Å². The average Bonchev–Trinajstić information content (AvgIpc) is 3.32. The second-order valence-electron chi connectivity index (χ2n) is 8.13. The van der Waals surface area contributed by atoms with Crippen LogP contribution in [0.3, 0.4) is 0 Å². The highest BCUT2D eigenvalue weighted by atomic mass is 32.1. The first-order valence-corrected chi connectivity index (χ1v) is 11.8. The lowest BCUT2D eigenvalue weighted by atomic mass is 9.86. The van der Waals surface area contributed by atoms with Crippen molar-refractivity contribution in [2.45, 2.75) is 13.3 Å². The quantitative estimate of drug-likeness (QED) is 0.302. The summed E-state index contributed by atoms with van der Waals surface area (Å²) < 4.78 is 0.978. The van der Waals surface area contributed by atoms with E-state index in [0.29, 0.717) is 0 Å². The minimum Gasteiger partial charge on any atom is -0.339 e. The molecule has 1 aromatic heterocycles. The molecule has 0 aliphatic heterocycles. The van der Waals surface area contributed by atoms with Gasteiger partial charge in [-0.15, -0.1) is 11.3 Å². The molecule has 9 heteroatoms. The van der Waals surface area contributed by atoms with Gasteiger partial charge < -0.3 is 9.68 Å². The number of carbonyl (C=O) groups is 4. The van der Waals surface area contributed by atoms with Gasteiger partial charge in [0, 0.05) is 27.1 Å². The van der Waals surface area contributed by atoms with E-state index in [1.54, 1.807) is 60.7 Å². The Bertz CT molecular complexity index is 1300. The molecule has 1 heterocycles. The SMILES string of the molecule is CC(Cc1cc2ccccc2s1)(C(=O)ONC(=O)c1ccccc1)C(=O)ONC(=O)c1ccccc1. The molecule has 2 N–H and O–H groups in total. The van der Waals surface area contributed by atoms with Crippen molar-refractivity contribution in [3.8, 4) is 0 Å². The van der Waals surface area contributed by atoms with Gasteiger partial charge in [-0.05, 0) is 48.7 Å². The van der Waals surface area contributed by atoms with Crippen LogP contribution < -0.4 is 11.0 Å². The van der Waals surface area contributed by atoms with Crippen LogP contribution in [0, 0.1) is 5.41 Å². The highest BCUT2D eigenvalue weighted by molar-refractivity contribution is 7.19. The maximum atomic E-state index is 13.1. The van der Waals surface area contributed by atoms with E-state index in [1.165, 1.54) is 18.3 Å². The Hall–Kier alpha value is -4.50. The fraction of sp³-hybridized carbons (Fsp3) is 0.111. The van der Waals surface area contributed by atoms with Crippen molar-refractivity contribution in [1.82, 2.24) is 11.0 Å². The van der Waals surface area contributed by atoms with E-state index < -0.39 is 29.2 Å². The molecule has 0 spiro atoms. The molecule has 36 heavy (non-hydrogen) atoms. The van der Waals surface area contributed by atoms with Gasteiger partial charge in [0.25, 0.3) is 11.8 Å². The van der Waals surface area contributed by atoms with Crippen molar-refractivity contribution in [3.05, 3.63) is 107 Å². The first-order valence-electron chi connectivity index (χ1n) is 11.0. The van der Waals surface area contributed by atoms with Crippen LogP contribution >= 0.6 is 11.3 Å². The Morgan fingerprint density at radius 3 is 1.69 bits per heavy atom. The first kappa shape index (κ1) is 24.6. The summed E-state index contributed by atoms with van der Waals surface area (Å²) in [6.07, 6.45) is -0.0770. The van der Waals surface area contributed by atoms with Crippen LogP contribution in [0.15, 0.2) is 91.0 Å². The molecular weight excluding hydrogens is 480 g/mol. The smallest absolute Gasteiger partial charge is 0.339 e. The van der Waals surface area contributed by atoms with Gasteiger partial charge in [-0.3, -0.25) is 9.59 Å². The Balaban J connectivity index is 1.52. The third-order valence-electron chi connectivity index (χ3n) is 5.45. The van der Waals surface area contributed by atoms with Gasteiger partial charge in [0.15, 0.2) is 5.41 Å². The summed E-state index contributed by atoms with van der Waals surface area (Å²) in [6.45, 7) is 1.34. The predicted octanol–water partition coefficient (Wildman–Crippen LogP) is 4.23. The van der Waals surface area contributed by atoms with Crippen LogP contribution in [0.5, 0.6) is 0 Å². The molecule has 0 atom stereocenters. The van der Waals surface area contributed by atoms with Gasteiger partial charge in [0.2, 0.25) is 0 Å². The molecule has 0 aliphatic rings. The van der Waals surface area contributed by atoms with Crippen LogP contribution in [0.1, 0.15) is 32.5 Å². The summed E-state index contributed by atoms with van der Waals surface area (Å²) >= 11 is 1.41. The summed E-state index contributed by atoms with van der Waals surface area (Å²) in [4.78, 5) is 61.7. The van der Waals surface area contributed by atoms with Gasteiger partial charge in [-0.2, -0.15) is 11.0 Å². The number of carbonyl (C=O) groups excluding carboxylic acids is 4. The minimum absolute atomic E-state index is 0.0770. The molecule has 0 bridgehead atoms. The first-order chi connectivity index (χ1) is 17.4. The average molecular weight is 503 g/mol. The number of benzene rings is 3. The Kier molecular flexibility index (Phi) is 7.41. The molecule has 2 amide bonds. The summed E-state index contributed by atoms with van der Waals surface area (Å²) in [5.41, 5.74) is 2.83. The summed E-state index contributed by atoms with van der Waals surface area (Å²) in [6, 6.07) is 25.8. The second kappa shape index (κ2) is 10.8. The number of rotatable bonds is 6. The molecule has 3 aromatic carbocycles. The number of hydrogen-bond donors (Lipinski definition) is 2. The van der Waals surface area contributed by atoms with Crippen molar-refractivity contribution in [1.29, 1.82) is 0 Å². The fourth-order valence-corrected chi connectivity index (χ4v) is 4.63. The van der Waals surface area contributed by atoms with Crippen LogP contribution in [-0.4, -0.2) is 23.8 Å². The zero-order valence-electron chi connectivity index (χ0n) is 19.2. The lowest BCUT2D eigenvalue weighted by Gasteiger charge is -2.24. The number of nitrogens with one attached hydrogen (secondary N) is 2. The van der Waals surface area contributed by atoms with E-state index in [2.05, 4.69) is 11.0 Å². The molecule has 0 fully saturated rings. The molecule has 0 aliphatic carbocycles. The number of hydrogen-bond acceptors (Lipinski definition) is 7. The maximum Gasteiger partial charge on any atom is 0.349 e. The zero-order valence-corrected chi connectivity index (χ0v) is 20.0. The van der Waals surface area contributed by atoms with E-state index in [4.69, 9.17) is 9.68 Å². The van der Waals surface area contributed by atoms with Crippen LogP contribution in [0.2, 0.25) is 0 Å². The fourth-order valence-electron chi connectivity index (χ4n) is 3.41. The van der Waals surface area contributed by atoms with E-state index in [1.807, 2.05) is 30.3 Å². The lowest BCUT2D eigenvalue weighted by molar-refractivity contribution is -0.177. The van der Waals surface area contributed by atoms with E-state index in [9.17, 15) is 19.2 Å². The molecule has 8 nitrogen and oxygen atoms in total. The van der Waals surface area contributed by atoms with Gasteiger partial charge in [0.1, 0.15) is 0 Å². The standard InChI is InChI=1S/C27H22N2O6S/c1-27(17-21-16-20-14-8-9-15-22(20)36-21,25(32)34-28-23(30)18-10-4-2-5-11-18)26(33)35-29-24(31)19-12-6-3-7-13-19/h2-16H,17H2,1H3,(H,28,30)(H,29,31). The molecule has 0 radical (unpaired) electrons. The number of hydroxylamine groups is 2. The highest BCUT2D eigenvalue weighted by Gasteiger charge is 2.46. The zero-order chi connectivity index (χ0) is 25.5. The number of fused-ring (bicyclic) bond motifs is 1. The largest absolute Gasteiger partial charge is 0.349 e. The molecule has 0 saturated heterocycles. The molecule has 0 saturated carbocycles. The molecule has 4 rings (SSSR count). The van der Waals surface area contributed by atoms with Crippen molar-refractivity contribution < 1.29 is 28.9 Å². The van der Waals surface area contributed by atoms with Gasteiger partial charge in [0.05, 0.1) is 0 Å². The summed E-state index contributed by atoms with van der Waals surface area (Å²) in [5.74, 6) is -3.38. The molecular formula is C27H22N2O6S. The van der Waals surface area contributed by atoms with Crippen molar-refractivity contribution in [2.75, 3.05) is 0 Å². The summed E-state index contributed by atoms with van der Waals surface area (Å²) in [7, 11) is 0. The van der Waals surface area contributed by atoms with Crippen LogP contribution in [0.25, 0.3) is 10.1 Å². The topological polar surface area (TPSA) is 111 Å². The van der Waals surface area contributed by atoms with Gasteiger partial charge in [-0.25, -0.2) is 9.59 Å². The normalized spacial score (nSPS) is 10.9. The van der Waals surface area contributed by atoms with Crippen LogP contribution in [0.4, 0.5) is 0 Å². The maximum absolute atomic E-state index is 13.1. The van der Waals surface area contributed by atoms with Gasteiger partial charge in [-0.1, -0.05) is 54.6 Å². The third-order valence-corrected chi connectivity index (χ3v) is 6.57. The van der Waals surface area contributed by atoms with E-state index in [-0.39, 0.29) is 17.5 Å². The number of thiophene rings is 1. The van der Waals surface area contributed by atoms with Gasteiger partial charge >= 0.3 is 11.9 Å². The molecule has 182 valence electrons. The predicted molar refractivity (Wildman–Crippen MR) is 134 cm³/mol. The Morgan fingerprint density at radius 1 is 0.722 bits per heavy atom. The minimum atomic E-state index is -1.88. The lowest BCUT2D eigenvalue weighted by Crippen LogP contribution is -2.46. The highest BCUT2D eigenvalue weighted by Crippen LogP contribution is 2.33. The van der Waals surface area contributed by atoms with Crippen molar-refractivity contribution in [2.24, 2.45) is 5.41 Å². The Morgan fingerprint density at radius 2 is 1.19 bits per heavy atom. The van der Waals surface area contributed by atoms with Crippen molar-refractivity contribution >= 4 is 45.2 Å². The monoisotopic (exact) mass is 502 g/mol. The Labute approximate surface area is 210 Å².